The molecule has 460 valence electrons. The lowest BCUT2D eigenvalue weighted by atomic mass is 9.52. The number of hydrogen-bond acceptors (Lipinski definition) is 9. The van der Waals surface area contributed by atoms with Crippen LogP contribution in [0.15, 0.2) is 83.0 Å². The van der Waals surface area contributed by atoms with Gasteiger partial charge < -0.3 is 34.5 Å². The second-order valence-corrected chi connectivity index (χ2v) is 32.5. The summed E-state index contributed by atoms with van der Waals surface area (Å²) in [7, 11) is -3.18. The molecule has 0 bridgehead atoms. The van der Waals surface area contributed by atoms with Crippen LogP contribution in [-0.2, 0) is 42.2 Å². The Morgan fingerprint density at radius 2 is 1.05 bits per heavy atom. The fourth-order valence-corrected chi connectivity index (χ4v) is 23.2. The van der Waals surface area contributed by atoms with E-state index < -0.39 is 10.0 Å². The van der Waals surface area contributed by atoms with E-state index in [2.05, 4.69) is 60.1 Å². The molecule has 2 aromatic carbocycles. The summed E-state index contributed by atoms with van der Waals surface area (Å²) in [6.07, 6.45) is 21.9. The normalized spacial score (nSPS) is 44.6. The highest BCUT2D eigenvalue weighted by Gasteiger charge is 2.65. The van der Waals surface area contributed by atoms with Crippen molar-refractivity contribution in [1.82, 2.24) is 14.5 Å². The number of nitrogens with two attached hydrogens (primary N) is 1. The highest BCUT2D eigenvalue weighted by Crippen LogP contribution is 2.69. The molecule has 22 atom stereocenters. The Bertz CT molecular complexity index is 2970. The standard InChI is InChI=1S/C36H52N2O5S.C35H50N2O3/c1-22-17-32-33(38(20-22)34(39)42-21-25-9-7-6-8-10-25)24(3)36(43-32)16-14-28-29-12-11-26-18-27(37-44(5,40)41)13-15-35(26,4)31(29)19-30(28)23(36)2;1-21-16-31-32(37(19-21)33(38)39-20-24-8-6-5-7-9-24)23(3)35(40-31)15-13-27-28-11-10-25-17-26(36)12-14-34(25,4)30(28)18-29(27)22(35)2/h6-10,22,24,26-29,31-33,37H,11-21H2,1-5H3;5-9,21,23,25-28,30-32H,10-20,36H2,1-4H3/t22-,24+,26+,27+,28-,29-,31-,32+,33-,35-,36-;21-,23+,25+,26+,27-,28-,30-,31+,32-,34-,35-/m00/s1. The molecule has 8 aliphatic carbocycles. The van der Waals surface area contributed by atoms with Crippen molar-refractivity contribution in [3.8, 4) is 0 Å². The molecule has 2 aromatic rings. The van der Waals surface area contributed by atoms with Gasteiger partial charge in [0.05, 0.1) is 41.7 Å². The minimum Gasteiger partial charge on any atom is -0.445 e. The number of rotatable bonds is 6. The molecule has 12 aliphatic rings. The molecular weight excluding hydrogens is 1070 g/mol. The molecule has 4 aliphatic heterocycles. The molecule has 0 aromatic heterocycles. The van der Waals surface area contributed by atoms with Crippen molar-refractivity contribution >= 4 is 22.2 Å². The van der Waals surface area contributed by atoms with Crippen molar-refractivity contribution in [3.63, 3.8) is 0 Å². The van der Waals surface area contributed by atoms with Crippen LogP contribution in [-0.4, -0.2) is 97.3 Å². The SMILES string of the molecule is CC1=C2C[C@H]3[C@@H](CC[C@@H]4C[C@H](N)CC[C@@]43C)[C@@H]2CC[C@]12O[C@@H]1C[C@H](C)CN(C(=O)OCc3ccccc3)[C@H]1[C@H]2C.CC1=C2C[C@H]3[C@@H](CC[C@@H]4C[C@H](NS(C)(=O)=O)CC[C@@]43C)[C@@H]2CC[C@]12O[C@@H]1C[C@H](C)CN(C(=O)OCc3ccccc3)[C@H]1[C@H]2C. The molecule has 2 spiro atoms. The first kappa shape index (κ1) is 59.2. The van der Waals surface area contributed by atoms with Crippen LogP contribution in [0.25, 0.3) is 0 Å². The van der Waals surface area contributed by atoms with Crippen molar-refractivity contribution in [2.24, 2.45) is 87.6 Å². The predicted molar refractivity (Wildman–Crippen MR) is 328 cm³/mol. The van der Waals surface area contributed by atoms with E-state index in [-0.39, 0.29) is 71.0 Å². The third kappa shape index (κ3) is 10.1. The van der Waals surface area contributed by atoms with Gasteiger partial charge in [0.25, 0.3) is 0 Å². The number of nitrogens with one attached hydrogen (secondary N) is 1. The lowest BCUT2D eigenvalue weighted by molar-refractivity contribution is -0.0666. The van der Waals surface area contributed by atoms with Crippen LogP contribution in [0.2, 0.25) is 0 Å². The molecule has 0 unspecified atom stereocenters. The first-order valence-corrected chi connectivity index (χ1v) is 35.4. The van der Waals surface area contributed by atoms with Gasteiger partial charge in [-0.05, 0) is 222 Å². The summed E-state index contributed by atoms with van der Waals surface area (Å²) in [6, 6.07) is 20.5. The van der Waals surface area contributed by atoms with Gasteiger partial charge in [-0.2, -0.15) is 0 Å². The van der Waals surface area contributed by atoms with Crippen LogP contribution in [0.1, 0.15) is 182 Å². The van der Waals surface area contributed by atoms with E-state index in [1.54, 1.807) is 11.1 Å². The van der Waals surface area contributed by atoms with Crippen LogP contribution >= 0.6 is 0 Å². The van der Waals surface area contributed by atoms with Crippen molar-refractivity contribution in [2.75, 3.05) is 19.3 Å². The van der Waals surface area contributed by atoms with Crippen LogP contribution in [0, 0.1) is 81.8 Å². The lowest BCUT2D eigenvalue weighted by Gasteiger charge is -2.54. The van der Waals surface area contributed by atoms with E-state index in [1.807, 2.05) is 70.5 Å². The lowest BCUT2D eigenvalue weighted by Crippen LogP contribution is -2.54. The fraction of sp³-hybridized carbons (Fsp3) is 0.746. The number of benzene rings is 2. The molecule has 0 radical (unpaired) electrons. The maximum absolute atomic E-state index is 13.6. The third-order valence-corrected chi connectivity index (χ3v) is 27.2. The van der Waals surface area contributed by atoms with E-state index in [1.165, 1.54) is 81.6 Å². The summed E-state index contributed by atoms with van der Waals surface area (Å²) < 4.78 is 53.1. The second kappa shape index (κ2) is 22.4. The van der Waals surface area contributed by atoms with Gasteiger partial charge in [0.1, 0.15) is 13.2 Å². The van der Waals surface area contributed by atoms with E-state index in [0.29, 0.717) is 54.3 Å². The van der Waals surface area contributed by atoms with E-state index in [0.717, 1.165) is 105 Å². The average molecular weight is 1170 g/mol. The van der Waals surface area contributed by atoms with Gasteiger partial charge in [0.15, 0.2) is 0 Å². The molecule has 10 fully saturated rings. The summed E-state index contributed by atoms with van der Waals surface area (Å²) in [5.74, 6) is 7.01. The molecule has 4 heterocycles. The number of allylic oxidation sites excluding steroid dienone is 2. The van der Waals surface area contributed by atoms with Crippen LogP contribution < -0.4 is 10.5 Å². The summed E-state index contributed by atoms with van der Waals surface area (Å²) in [5, 5.41) is 0. The summed E-state index contributed by atoms with van der Waals surface area (Å²) in [6.45, 7) is 21.2. The third-order valence-electron chi connectivity index (χ3n) is 26.5. The minimum absolute atomic E-state index is 0.0322. The highest BCUT2D eigenvalue weighted by atomic mass is 32.2. The zero-order valence-electron chi connectivity index (χ0n) is 52.4. The Morgan fingerprint density at radius 1 is 0.607 bits per heavy atom. The maximum atomic E-state index is 13.6. The van der Waals surface area contributed by atoms with Gasteiger partial charge in [-0.1, -0.05) is 113 Å². The van der Waals surface area contributed by atoms with Crippen LogP contribution in [0.4, 0.5) is 9.59 Å². The highest BCUT2D eigenvalue weighted by molar-refractivity contribution is 7.88. The summed E-state index contributed by atoms with van der Waals surface area (Å²) in [5.41, 5.74) is 15.0. The largest absolute Gasteiger partial charge is 0.445 e. The van der Waals surface area contributed by atoms with Gasteiger partial charge >= 0.3 is 12.2 Å². The molecule has 14 rings (SSSR count). The Morgan fingerprint density at radius 3 is 1.50 bits per heavy atom. The molecule has 2 amide bonds. The number of sulfonamides is 1. The quantitative estimate of drug-likeness (QED) is 0.270. The molecule has 6 saturated carbocycles. The number of carbonyl (C=O) groups is 2. The second-order valence-electron chi connectivity index (χ2n) is 30.7. The van der Waals surface area contributed by atoms with Crippen molar-refractivity contribution in [3.05, 3.63) is 94.1 Å². The number of amides is 2. The molecule has 13 heteroatoms. The fourth-order valence-electron chi connectivity index (χ4n) is 22.3. The van der Waals surface area contributed by atoms with Gasteiger partial charge in [-0.25, -0.2) is 22.7 Å². The van der Waals surface area contributed by atoms with Crippen LogP contribution in [0.5, 0.6) is 0 Å². The van der Waals surface area contributed by atoms with E-state index >= 15 is 0 Å². The molecule has 84 heavy (non-hydrogen) atoms. The van der Waals surface area contributed by atoms with Gasteiger partial charge in [-0.3, -0.25) is 0 Å². The minimum atomic E-state index is -3.18. The molecule has 4 saturated heterocycles. The first-order chi connectivity index (χ1) is 40.1. The summed E-state index contributed by atoms with van der Waals surface area (Å²) in [4.78, 5) is 31.2. The monoisotopic (exact) mass is 1170 g/mol. The Hall–Kier alpha value is -3.75. The van der Waals surface area contributed by atoms with E-state index in [9.17, 15) is 18.0 Å². The van der Waals surface area contributed by atoms with Gasteiger partial charge in [0.2, 0.25) is 10.0 Å². The molecule has 3 N–H and O–H groups in total. The zero-order valence-corrected chi connectivity index (χ0v) is 53.2. The Balaban J connectivity index is 0.000000157. The number of carbonyl (C=O) groups excluding carboxylic acids is 2. The number of ether oxygens (including phenoxy) is 4. The predicted octanol–water partition coefficient (Wildman–Crippen LogP) is 13.8. The zero-order chi connectivity index (χ0) is 58.8. The van der Waals surface area contributed by atoms with Gasteiger partial charge in [0, 0.05) is 37.0 Å². The maximum Gasteiger partial charge on any atom is 0.410 e. The number of piperidine rings is 2. The van der Waals surface area contributed by atoms with Crippen LogP contribution in [0.3, 0.4) is 0 Å². The Labute approximate surface area is 504 Å². The average Bonchev–Trinajstić information content (AvgIpc) is 1.97. The number of fused-ring (bicyclic) bond motifs is 12. The number of likely N-dealkylation sites (tertiary alicyclic amines) is 2. The van der Waals surface area contributed by atoms with Crippen molar-refractivity contribution < 1.29 is 37.0 Å². The number of hydrogen-bond donors (Lipinski definition) is 2. The summed E-state index contributed by atoms with van der Waals surface area (Å²) >= 11 is 0. The number of nitrogens with zero attached hydrogens (tertiary/aromatic N) is 2. The van der Waals surface area contributed by atoms with Gasteiger partial charge in [-0.15, -0.1) is 0 Å². The van der Waals surface area contributed by atoms with Crippen molar-refractivity contribution in [1.29, 1.82) is 0 Å². The van der Waals surface area contributed by atoms with E-state index in [4.69, 9.17) is 24.7 Å². The Kier molecular flexibility index (Phi) is 15.8. The smallest absolute Gasteiger partial charge is 0.410 e. The molecule has 12 nitrogen and oxygen atoms in total. The molecular formula is C71H102N4O8S. The van der Waals surface area contributed by atoms with Crippen molar-refractivity contribution in [2.45, 2.75) is 232 Å². The topological polar surface area (TPSA) is 150 Å². The first-order valence-electron chi connectivity index (χ1n) is 33.5.